The van der Waals surface area contributed by atoms with Crippen molar-refractivity contribution in [3.8, 4) is 22.5 Å². The van der Waals surface area contributed by atoms with Gasteiger partial charge in [0, 0.05) is 53.0 Å². The standard InChI is InChI=1S/C48H41N3O2/c1-5-50(6-2)32-23-25-38-42(28-32)53-43-29-33(51(7-3)8-4)24-26-39(43)46(38)36-17-9-10-18-37(36)48(52)49-41-27-22-31-16-12-20-35-34-19-11-14-30-15-13-21-40(44(30)34)47(41)45(31)35/h9-29H,5-8H2,1-4H3. The number of rotatable bonds is 8. The van der Waals surface area contributed by atoms with E-state index in [2.05, 4.69) is 134 Å². The number of hydrogen-bond donors (Lipinski definition) is 0. The lowest BCUT2D eigenvalue weighted by Gasteiger charge is -2.27. The van der Waals surface area contributed by atoms with Gasteiger partial charge in [-0.2, -0.15) is 0 Å². The molecule has 0 fully saturated rings. The summed E-state index contributed by atoms with van der Waals surface area (Å²) in [6.45, 7) is 12.3. The van der Waals surface area contributed by atoms with Crippen molar-refractivity contribution in [3.05, 3.63) is 144 Å². The molecule has 53 heavy (non-hydrogen) atoms. The van der Waals surface area contributed by atoms with Gasteiger partial charge in [0.1, 0.15) is 24.4 Å². The first-order valence-electron chi connectivity index (χ1n) is 18.8. The number of benzene rings is 8. The van der Waals surface area contributed by atoms with Gasteiger partial charge in [-0.3, -0.25) is 0 Å². The summed E-state index contributed by atoms with van der Waals surface area (Å²) in [7, 11) is 0. The van der Waals surface area contributed by atoms with Crippen LogP contribution in [0.15, 0.2) is 132 Å². The maximum Gasteiger partial charge on any atom is 0.203 e. The molecule has 0 saturated carbocycles. The largest absolute Gasteiger partial charge is 0.622 e. The molecule has 0 unspecified atom stereocenters. The average molecular weight is 692 g/mol. The number of amides is 1. The fraction of sp³-hybridized carbons (Fsp3) is 0.167. The Bertz CT molecular complexity index is 2890. The van der Waals surface area contributed by atoms with E-state index < -0.39 is 0 Å². The van der Waals surface area contributed by atoms with Crippen LogP contribution in [-0.4, -0.2) is 32.1 Å². The van der Waals surface area contributed by atoms with Crippen molar-refractivity contribution in [2.24, 2.45) is 0 Å². The third kappa shape index (κ3) is 5.22. The van der Waals surface area contributed by atoms with E-state index in [4.69, 9.17) is 9.73 Å². The molecule has 5 heteroatoms. The Morgan fingerprint density at radius 1 is 0.623 bits per heavy atom. The summed E-state index contributed by atoms with van der Waals surface area (Å²) in [5.74, 6) is 0.507. The van der Waals surface area contributed by atoms with E-state index >= 15 is 0 Å². The van der Waals surface area contributed by atoms with E-state index in [0.29, 0.717) is 11.3 Å². The van der Waals surface area contributed by atoms with Crippen molar-refractivity contribution >= 4 is 71.3 Å². The lowest BCUT2D eigenvalue weighted by molar-refractivity contribution is 0.104. The number of anilines is 1. The van der Waals surface area contributed by atoms with Crippen LogP contribution in [0.5, 0.6) is 0 Å². The zero-order valence-electron chi connectivity index (χ0n) is 30.6. The van der Waals surface area contributed by atoms with E-state index in [0.717, 1.165) is 92.2 Å². The highest BCUT2D eigenvalue weighted by Gasteiger charge is 2.22. The van der Waals surface area contributed by atoms with Gasteiger partial charge in [0.2, 0.25) is 5.36 Å². The van der Waals surface area contributed by atoms with E-state index in [1.165, 1.54) is 21.5 Å². The fourth-order valence-electron chi connectivity index (χ4n) is 8.52. The molecule has 1 aliphatic heterocycles. The Hall–Kier alpha value is -6.20. The first-order chi connectivity index (χ1) is 26.0. The summed E-state index contributed by atoms with van der Waals surface area (Å²) in [5.41, 5.74) is 5.88. The quantitative estimate of drug-likeness (QED) is 0.0905. The van der Waals surface area contributed by atoms with Gasteiger partial charge >= 0.3 is 0 Å². The van der Waals surface area contributed by atoms with E-state index in [1.54, 1.807) is 0 Å². The molecule has 1 amide bonds. The second-order valence-electron chi connectivity index (χ2n) is 13.7. The van der Waals surface area contributed by atoms with Crippen molar-refractivity contribution in [3.63, 3.8) is 0 Å². The Balaban J connectivity index is 1.26. The van der Waals surface area contributed by atoms with E-state index in [9.17, 15) is 4.79 Å². The van der Waals surface area contributed by atoms with Gasteiger partial charge < -0.3 is 19.4 Å². The monoisotopic (exact) mass is 691 g/mol. The van der Waals surface area contributed by atoms with Crippen LogP contribution in [-0.2, 0) is 0 Å². The minimum atomic E-state index is -0.277. The van der Waals surface area contributed by atoms with Crippen molar-refractivity contribution in [1.82, 2.24) is 4.58 Å². The highest BCUT2D eigenvalue weighted by molar-refractivity contribution is 6.36. The van der Waals surface area contributed by atoms with Gasteiger partial charge in [-0.05, 0) is 94.5 Å². The van der Waals surface area contributed by atoms with Crippen LogP contribution in [0.25, 0.3) is 81.8 Å². The molecule has 0 saturated heterocycles. The highest BCUT2D eigenvalue weighted by atomic mass is 16.3. The number of hydrogen-bond acceptors (Lipinski definition) is 3. The summed E-state index contributed by atoms with van der Waals surface area (Å²) in [6.07, 6.45) is 0. The van der Waals surface area contributed by atoms with Crippen LogP contribution >= 0.6 is 0 Å². The Morgan fingerprint density at radius 2 is 1.32 bits per heavy atom. The molecule has 0 atom stereocenters. The van der Waals surface area contributed by atoms with Gasteiger partial charge in [-0.1, -0.05) is 91.0 Å². The third-order valence-electron chi connectivity index (χ3n) is 11.1. The molecule has 2 aliphatic rings. The molecule has 260 valence electrons. The highest BCUT2D eigenvalue weighted by Crippen LogP contribution is 2.47. The SMILES string of the molecule is CCN(CC)c1ccc2c(-c3ccccc3C(=O)[N-]c3ccc4cccc5c6cccc7cccc(c3c45)c76)c3ccc(=[N+](CC)CC)cc-3oc2c1. The maximum absolute atomic E-state index is 14.7. The zero-order valence-corrected chi connectivity index (χ0v) is 30.6. The minimum Gasteiger partial charge on any atom is -0.622 e. The Kier molecular flexibility index (Phi) is 8.07. The molecule has 0 radical (unpaired) electrons. The number of carbonyl (C=O) groups excluding carboxylic acids is 1. The Morgan fingerprint density at radius 3 is 2.06 bits per heavy atom. The second-order valence-corrected chi connectivity index (χ2v) is 13.7. The lowest BCUT2D eigenvalue weighted by Crippen LogP contribution is -2.29. The van der Waals surface area contributed by atoms with Crippen molar-refractivity contribution in [2.45, 2.75) is 27.7 Å². The molecule has 0 N–H and O–H groups in total. The van der Waals surface area contributed by atoms with E-state index in [1.807, 2.05) is 30.3 Å². The van der Waals surface area contributed by atoms with Crippen molar-refractivity contribution in [1.29, 1.82) is 0 Å². The van der Waals surface area contributed by atoms with Crippen LogP contribution in [0.3, 0.4) is 0 Å². The summed E-state index contributed by atoms with van der Waals surface area (Å²) >= 11 is 0. The fourth-order valence-corrected chi connectivity index (χ4v) is 8.52. The van der Waals surface area contributed by atoms with Gasteiger partial charge in [0.05, 0.1) is 12.0 Å². The van der Waals surface area contributed by atoms with Crippen LogP contribution in [0.1, 0.15) is 38.1 Å². The smallest absolute Gasteiger partial charge is 0.203 e. The summed E-state index contributed by atoms with van der Waals surface area (Å²) < 4.78 is 9.07. The second kappa shape index (κ2) is 13.1. The lowest BCUT2D eigenvalue weighted by atomic mass is 9.88. The number of fused-ring (bicyclic) bond motifs is 4. The topological polar surface area (TPSA) is 50.6 Å². The summed E-state index contributed by atoms with van der Waals surface area (Å²) in [4.78, 5) is 17.0. The molecule has 5 nitrogen and oxygen atoms in total. The third-order valence-corrected chi connectivity index (χ3v) is 11.1. The minimum absolute atomic E-state index is 0.277. The Labute approximate surface area is 309 Å². The van der Waals surface area contributed by atoms with Crippen LogP contribution in [0.2, 0.25) is 0 Å². The van der Waals surface area contributed by atoms with Crippen molar-refractivity contribution in [2.75, 3.05) is 31.1 Å². The van der Waals surface area contributed by atoms with Crippen LogP contribution in [0.4, 0.5) is 11.4 Å². The van der Waals surface area contributed by atoms with Gasteiger partial charge in [0.15, 0.2) is 0 Å². The normalized spacial score (nSPS) is 11.8. The van der Waals surface area contributed by atoms with Crippen molar-refractivity contribution < 1.29 is 9.21 Å². The van der Waals surface area contributed by atoms with Crippen LogP contribution < -0.4 is 14.8 Å². The molecule has 0 spiro atoms. The molecular weight excluding hydrogens is 651 g/mol. The molecule has 9 rings (SSSR count). The number of nitrogens with zero attached hydrogens (tertiary/aromatic N) is 3. The van der Waals surface area contributed by atoms with E-state index in [-0.39, 0.29) is 5.91 Å². The molecular formula is C48H41N3O2. The molecule has 1 heterocycles. The predicted octanol–water partition coefficient (Wildman–Crippen LogP) is 11.8. The van der Waals surface area contributed by atoms with Crippen LogP contribution in [0, 0.1) is 0 Å². The molecule has 0 bridgehead atoms. The average Bonchev–Trinajstić information content (AvgIpc) is 3.20. The molecule has 7 aromatic carbocycles. The first kappa shape index (κ1) is 32.7. The van der Waals surface area contributed by atoms with Gasteiger partial charge in [0.25, 0.3) is 0 Å². The molecule has 0 aromatic heterocycles. The first-order valence-corrected chi connectivity index (χ1v) is 18.8. The zero-order chi connectivity index (χ0) is 36.2. The molecule has 1 aliphatic carbocycles. The number of carbonyl (C=O) groups is 1. The maximum atomic E-state index is 14.7. The van der Waals surface area contributed by atoms with Gasteiger partial charge in [-0.15, -0.1) is 5.69 Å². The predicted molar refractivity (Wildman–Crippen MR) is 223 cm³/mol. The summed E-state index contributed by atoms with van der Waals surface area (Å²) in [6, 6.07) is 44.2. The van der Waals surface area contributed by atoms with Gasteiger partial charge in [-0.25, -0.2) is 4.58 Å². The summed E-state index contributed by atoms with van der Waals surface area (Å²) in [5, 5.41) is 16.2. The molecule has 7 aromatic rings.